The van der Waals surface area contributed by atoms with Gasteiger partial charge in [0.05, 0.1) is 10.2 Å². The SMILES string of the molecule is C.CN.CNC(=O)CI.CNC(=O)CSC.CS.O=C(CI)ON1C(=O)CCC1=O. The van der Waals surface area contributed by atoms with Gasteiger partial charge in [0.25, 0.3) is 11.8 Å². The lowest BCUT2D eigenvalue weighted by atomic mass is 10.4. The molecule has 1 aliphatic heterocycles. The molecule has 0 aromatic carbocycles. The maximum atomic E-state index is 10.9. The van der Waals surface area contributed by atoms with Crippen LogP contribution in [0.4, 0.5) is 0 Å². The highest BCUT2D eigenvalue weighted by Gasteiger charge is 2.32. The fourth-order valence-electron chi connectivity index (χ4n) is 1.05. The fraction of sp³-hybridized carbons (Fsp3) is 0.688. The van der Waals surface area contributed by atoms with E-state index in [1.807, 2.05) is 28.8 Å². The highest BCUT2D eigenvalue weighted by Crippen LogP contribution is 2.12. The van der Waals surface area contributed by atoms with Crippen molar-refractivity contribution in [2.24, 2.45) is 5.73 Å². The summed E-state index contributed by atoms with van der Waals surface area (Å²) in [6.45, 7) is 0. The lowest BCUT2D eigenvalue weighted by Crippen LogP contribution is -2.32. The number of nitrogens with two attached hydrogens (primary N) is 1. The topological polar surface area (TPSA) is 148 Å². The zero-order valence-electron chi connectivity index (χ0n) is 17.1. The average molecular weight is 696 g/mol. The number of carbonyl (C=O) groups excluding carboxylic acids is 5. The first-order valence-corrected chi connectivity index (χ1v) is 13.2. The van der Waals surface area contributed by atoms with Gasteiger partial charge in [0.2, 0.25) is 11.8 Å². The van der Waals surface area contributed by atoms with Crippen LogP contribution in [-0.2, 0) is 28.8 Å². The summed E-state index contributed by atoms with van der Waals surface area (Å²) in [7, 11) is 4.76. The monoisotopic (exact) mass is 696 g/mol. The molecule has 0 aliphatic carbocycles. The van der Waals surface area contributed by atoms with Crippen LogP contribution in [0.25, 0.3) is 0 Å². The van der Waals surface area contributed by atoms with E-state index < -0.39 is 17.8 Å². The summed E-state index contributed by atoms with van der Waals surface area (Å²) in [4.78, 5) is 57.2. The fourth-order valence-corrected chi connectivity index (χ4v) is 1.98. The Kier molecular flexibility index (Phi) is 41.2. The molecule has 4 amide bonds. The van der Waals surface area contributed by atoms with Crippen LogP contribution in [0.15, 0.2) is 0 Å². The van der Waals surface area contributed by atoms with Crippen molar-refractivity contribution in [1.29, 1.82) is 0 Å². The number of hydroxylamine groups is 2. The van der Waals surface area contributed by atoms with Crippen molar-refractivity contribution >= 4 is 99.2 Å². The molecule has 0 saturated carbocycles. The number of carbonyl (C=O) groups is 5. The Labute approximate surface area is 216 Å². The van der Waals surface area contributed by atoms with Crippen molar-refractivity contribution < 1.29 is 28.8 Å². The van der Waals surface area contributed by atoms with Gasteiger partial charge in [-0.2, -0.15) is 24.4 Å². The van der Waals surface area contributed by atoms with Crippen molar-refractivity contribution in [3.63, 3.8) is 0 Å². The van der Waals surface area contributed by atoms with Crippen molar-refractivity contribution in [3.05, 3.63) is 0 Å². The zero-order valence-corrected chi connectivity index (χ0v) is 23.1. The van der Waals surface area contributed by atoms with Crippen molar-refractivity contribution in [1.82, 2.24) is 15.7 Å². The van der Waals surface area contributed by atoms with Crippen molar-refractivity contribution in [2.45, 2.75) is 20.3 Å². The molecule has 1 aliphatic rings. The van der Waals surface area contributed by atoms with Gasteiger partial charge in [-0.3, -0.25) is 19.2 Å². The van der Waals surface area contributed by atoms with Crippen molar-refractivity contribution in [3.8, 4) is 0 Å². The Balaban J connectivity index is -0.000000101. The Hall–Kier alpha value is -0.330. The number of nitrogens with one attached hydrogen (secondary N) is 2. The summed E-state index contributed by atoms with van der Waals surface area (Å²) in [5.41, 5.74) is 4.50. The van der Waals surface area contributed by atoms with Gasteiger partial charge in [0, 0.05) is 26.9 Å². The number of thioether (sulfide) groups is 1. The summed E-state index contributed by atoms with van der Waals surface area (Å²) >= 11 is 8.84. The molecule has 0 radical (unpaired) electrons. The Morgan fingerprint density at radius 3 is 1.63 bits per heavy atom. The molecule has 180 valence electrons. The highest BCUT2D eigenvalue weighted by molar-refractivity contribution is 14.1. The summed E-state index contributed by atoms with van der Waals surface area (Å²) in [6.07, 6.45) is 3.86. The molecule has 0 spiro atoms. The van der Waals surface area contributed by atoms with E-state index in [0.29, 0.717) is 15.2 Å². The first kappa shape index (κ1) is 40.1. The molecular weight excluding hydrogens is 662 g/mol. The van der Waals surface area contributed by atoms with Gasteiger partial charge in [0.1, 0.15) is 4.43 Å². The third-order valence-corrected chi connectivity index (χ3v) is 4.13. The second-order valence-electron chi connectivity index (χ2n) is 4.09. The van der Waals surface area contributed by atoms with Crippen LogP contribution in [0.5, 0.6) is 0 Å². The third-order valence-electron chi connectivity index (χ3n) is 2.26. The molecule has 0 bridgehead atoms. The van der Waals surface area contributed by atoms with Gasteiger partial charge in [-0.1, -0.05) is 52.6 Å². The molecule has 14 heteroatoms. The predicted octanol–water partition coefficient (Wildman–Crippen LogP) is 1.05. The van der Waals surface area contributed by atoms with E-state index in [4.69, 9.17) is 0 Å². The number of amides is 4. The molecule has 4 N–H and O–H groups in total. The van der Waals surface area contributed by atoms with Gasteiger partial charge in [-0.25, -0.2) is 4.79 Å². The predicted molar refractivity (Wildman–Crippen MR) is 143 cm³/mol. The van der Waals surface area contributed by atoms with E-state index in [9.17, 15) is 24.0 Å². The number of hydrogen-bond acceptors (Lipinski definition) is 9. The van der Waals surface area contributed by atoms with E-state index in [1.165, 1.54) is 18.8 Å². The standard InChI is InChI=1S/C6H6INO4.C4H9NOS.C3H6INO.CH5N.CH4S.CH4/c7-3-6(11)12-8-4(9)1-2-5(8)10;1-5-4(6)3-7-2;1-5-3(6)2-4;2*1-2;/h1-3H2;3H2,1-2H3,(H,5,6);2H2,1H3,(H,5,6);2H2,1H3;2H,1H3;1H4. The number of imide groups is 1. The summed E-state index contributed by atoms with van der Waals surface area (Å²) in [6, 6.07) is 0. The summed E-state index contributed by atoms with van der Waals surface area (Å²) < 4.78 is 0.670. The second-order valence-corrected chi connectivity index (χ2v) is 6.48. The molecule has 0 aromatic heterocycles. The van der Waals surface area contributed by atoms with Gasteiger partial charge >= 0.3 is 5.97 Å². The van der Waals surface area contributed by atoms with Crippen LogP contribution >= 0.6 is 69.6 Å². The molecule has 1 heterocycles. The van der Waals surface area contributed by atoms with E-state index >= 15 is 0 Å². The van der Waals surface area contributed by atoms with Crippen molar-refractivity contribution in [2.75, 3.05) is 48.3 Å². The van der Waals surface area contributed by atoms with Crippen LogP contribution in [-0.4, -0.2) is 82.9 Å². The number of thiol groups is 1. The quantitative estimate of drug-likeness (QED) is 0.145. The minimum atomic E-state index is -0.584. The number of hydrogen-bond donors (Lipinski definition) is 4. The Morgan fingerprint density at radius 1 is 1.03 bits per heavy atom. The molecule has 1 saturated heterocycles. The minimum absolute atomic E-state index is 0. The van der Waals surface area contributed by atoms with Crippen LogP contribution in [0.1, 0.15) is 20.3 Å². The molecule has 10 nitrogen and oxygen atoms in total. The molecule has 0 unspecified atom stereocenters. The van der Waals surface area contributed by atoms with E-state index in [0.717, 1.165) is 0 Å². The largest absolute Gasteiger partial charge is 0.359 e. The molecule has 0 atom stereocenters. The number of nitrogens with zero attached hydrogens (tertiary/aromatic N) is 1. The second kappa shape index (κ2) is 30.9. The lowest BCUT2D eigenvalue weighted by Gasteiger charge is -2.10. The zero-order chi connectivity index (χ0) is 23.8. The van der Waals surface area contributed by atoms with Gasteiger partial charge in [-0.05, 0) is 19.6 Å². The normalized spacial score (nSPS) is 10.6. The van der Waals surface area contributed by atoms with E-state index in [1.54, 1.807) is 42.9 Å². The van der Waals surface area contributed by atoms with Crippen LogP contribution in [0.3, 0.4) is 0 Å². The molecule has 1 fully saturated rings. The summed E-state index contributed by atoms with van der Waals surface area (Å²) in [5, 5.41) is 5.52. The first-order valence-electron chi connectivity index (χ1n) is 7.88. The smallest absolute Gasteiger partial charge is 0.342 e. The molecule has 1 rings (SSSR count). The maximum Gasteiger partial charge on any atom is 0.342 e. The Bertz CT molecular complexity index is 467. The number of halogens is 2. The van der Waals surface area contributed by atoms with Crippen LogP contribution < -0.4 is 16.4 Å². The van der Waals surface area contributed by atoms with Crippen LogP contribution in [0.2, 0.25) is 0 Å². The first-order chi connectivity index (χ1) is 13.8. The lowest BCUT2D eigenvalue weighted by molar-refractivity contribution is -0.195. The average Bonchev–Trinajstić information content (AvgIpc) is 3.08. The third kappa shape index (κ3) is 25.7. The van der Waals surface area contributed by atoms with Gasteiger partial charge in [-0.15, -0.1) is 5.06 Å². The highest BCUT2D eigenvalue weighted by atomic mass is 127. The van der Waals surface area contributed by atoms with E-state index in [-0.39, 0.29) is 36.5 Å². The maximum absolute atomic E-state index is 10.9. The molecular formula is C16H34I2N4O6S2. The van der Waals surface area contributed by atoms with Crippen LogP contribution in [0, 0.1) is 0 Å². The number of alkyl halides is 2. The van der Waals surface area contributed by atoms with E-state index in [2.05, 4.69) is 33.8 Å². The minimum Gasteiger partial charge on any atom is -0.359 e. The summed E-state index contributed by atoms with van der Waals surface area (Å²) in [5.74, 6) is -0.741. The Morgan fingerprint density at radius 2 is 1.43 bits per heavy atom. The number of rotatable bonds is 5. The molecule has 30 heavy (non-hydrogen) atoms. The van der Waals surface area contributed by atoms with Gasteiger partial charge in [0.15, 0.2) is 0 Å². The molecule has 0 aromatic rings. The van der Waals surface area contributed by atoms with Gasteiger partial charge < -0.3 is 21.2 Å².